The lowest BCUT2D eigenvalue weighted by Crippen LogP contribution is -2.33. The Hall–Kier alpha value is -2.54. The fourth-order valence-electron chi connectivity index (χ4n) is 3.32. The molecule has 1 N–H and O–H groups in total. The molecule has 0 fully saturated rings. The van der Waals surface area contributed by atoms with Gasteiger partial charge in [0, 0.05) is 13.0 Å². The third kappa shape index (κ3) is 7.37. The van der Waals surface area contributed by atoms with Crippen LogP contribution >= 0.6 is 0 Å². The highest BCUT2D eigenvalue weighted by atomic mass is 32.2. The van der Waals surface area contributed by atoms with Crippen molar-refractivity contribution in [2.45, 2.75) is 39.2 Å². The number of hydrogen-bond donors (Lipinski definition) is 1. The third-order valence-corrected chi connectivity index (χ3v) is 5.96. The number of anilines is 1. The Balaban J connectivity index is 1.98. The molecule has 0 spiro atoms. The molecule has 164 valence electrons. The van der Waals surface area contributed by atoms with Crippen molar-refractivity contribution in [3.05, 3.63) is 60.2 Å². The second kappa shape index (κ2) is 11.0. The lowest BCUT2D eigenvalue weighted by molar-refractivity contribution is -0.122. The van der Waals surface area contributed by atoms with Crippen LogP contribution in [0.5, 0.6) is 5.75 Å². The van der Waals surface area contributed by atoms with Crippen molar-refractivity contribution in [2.75, 3.05) is 24.2 Å². The van der Waals surface area contributed by atoms with Gasteiger partial charge in [0.2, 0.25) is 15.9 Å². The van der Waals surface area contributed by atoms with Gasteiger partial charge in [-0.05, 0) is 48.6 Å². The second-order valence-electron chi connectivity index (χ2n) is 7.80. The quantitative estimate of drug-likeness (QED) is 0.579. The van der Waals surface area contributed by atoms with E-state index in [2.05, 4.69) is 19.2 Å². The lowest BCUT2D eigenvalue weighted by Gasteiger charge is -2.23. The number of rotatable bonds is 11. The number of methoxy groups -OCH3 is 1. The molecule has 1 atom stereocenters. The van der Waals surface area contributed by atoms with E-state index in [0.717, 1.165) is 12.0 Å². The summed E-state index contributed by atoms with van der Waals surface area (Å²) in [6.45, 7) is 4.49. The summed E-state index contributed by atoms with van der Waals surface area (Å²) < 4.78 is 30.9. The maximum absolute atomic E-state index is 12.6. The number of ether oxygens (including phenoxy) is 1. The molecule has 0 heterocycles. The molecular formula is C23H32N2O4S. The van der Waals surface area contributed by atoms with Gasteiger partial charge < -0.3 is 10.1 Å². The van der Waals surface area contributed by atoms with Crippen molar-refractivity contribution in [3.8, 4) is 5.75 Å². The van der Waals surface area contributed by atoms with Crippen molar-refractivity contribution in [1.29, 1.82) is 0 Å². The first-order valence-electron chi connectivity index (χ1n) is 10.2. The second-order valence-corrected chi connectivity index (χ2v) is 9.70. The van der Waals surface area contributed by atoms with Gasteiger partial charge in [-0.15, -0.1) is 0 Å². The van der Waals surface area contributed by atoms with Crippen LogP contribution in [0.1, 0.15) is 44.7 Å². The molecule has 2 aromatic carbocycles. The van der Waals surface area contributed by atoms with E-state index < -0.39 is 10.0 Å². The number of carbonyl (C=O) groups excluding carboxylic acids is 1. The number of carbonyl (C=O) groups is 1. The fourth-order valence-corrected chi connectivity index (χ4v) is 4.29. The fraction of sp³-hybridized carbons (Fsp3) is 0.435. The largest absolute Gasteiger partial charge is 0.497 e. The van der Waals surface area contributed by atoms with E-state index in [1.807, 2.05) is 30.3 Å². The summed E-state index contributed by atoms with van der Waals surface area (Å²) >= 11 is 0. The van der Waals surface area contributed by atoms with Gasteiger partial charge in [-0.2, -0.15) is 0 Å². The lowest BCUT2D eigenvalue weighted by atomic mass is 9.97. The van der Waals surface area contributed by atoms with Gasteiger partial charge >= 0.3 is 0 Å². The number of amides is 1. The summed E-state index contributed by atoms with van der Waals surface area (Å²) in [5.41, 5.74) is 1.64. The molecule has 0 saturated carbocycles. The molecule has 1 amide bonds. The zero-order valence-electron chi connectivity index (χ0n) is 18.2. The average molecular weight is 433 g/mol. The monoisotopic (exact) mass is 432 g/mol. The number of nitrogens with zero attached hydrogens (tertiary/aromatic N) is 1. The van der Waals surface area contributed by atoms with E-state index in [-0.39, 0.29) is 24.9 Å². The van der Waals surface area contributed by atoms with Crippen molar-refractivity contribution >= 4 is 21.6 Å². The molecule has 7 heteroatoms. The smallest absolute Gasteiger partial charge is 0.232 e. The zero-order chi connectivity index (χ0) is 22.1. The average Bonchev–Trinajstić information content (AvgIpc) is 2.70. The first-order valence-corrected chi connectivity index (χ1v) is 12.0. The zero-order valence-corrected chi connectivity index (χ0v) is 19.0. The van der Waals surface area contributed by atoms with E-state index in [0.29, 0.717) is 23.8 Å². The molecule has 0 aliphatic heterocycles. The highest BCUT2D eigenvalue weighted by Crippen LogP contribution is 2.23. The van der Waals surface area contributed by atoms with E-state index in [4.69, 9.17) is 4.74 Å². The minimum Gasteiger partial charge on any atom is -0.497 e. The summed E-state index contributed by atoms with van der Waals surface area (Å²) in [7, 11) is -1.90. The molecule has 0 aromatic heterocycles. The van der Waals surface area contributed by atoms with Crippen molar-refractivity contribution in [3.63, 3.8) is 0 Å². The third-order valence-electron chi connectivity index (χ3n) is 4.77. The normalized spacial score (nSPS) is 12.4. The molecule has 0 unspecified atom stereocenters. The Labute approximate surface area is 180 Å². The predicted molar refractivity (Wildman–Crippen MR) is 121 cm³/mol. The topological polar surface area (TPSA) is 75.7 Å². The van der Waals surface area contributed by atoms with E-state index in [9.17, 15) is 13.2 Å². The molecule has 0 radical (unpaired) electrons. The van der Waals surface area contributed by atoms with Crippen LogP contribution in [-0.2, 0) is 14.8 Å². The Bertz CT molecular complexity index is 897. The van der Waals surface area contributed by atoms with Crippen LogP contribution in [0.25, 0.3) is 0 Å². The summed E-state index contributed by atoms with van der Waals surface area (Å²) in [4.78, 5) is 12.6. The number of sulfonamides is 1. The molecule has 0 aliphatic rings. The Morgan fingerprint density at radius 3 is 2.23 bits per heavy atom. The van der Waals surface area contributed by atoms with Crippen LogP contribution in [0.3, 0.4) is 0 Å². The van der Waals surface area contributed by atoms with Crippen LogP contribution < -0.4 is 14.4 Å². The Kier molecular flexibility index (Phi) is 8.72. The van der Waals surface area contributed by atoms with Crippen LogP contribution in [0.2, 0.25) is 0 Å². The summed E-state index contributed by atoms with van der Waals surface area (Å²) in [6.07, 6.45) is 2.69. The molecule has 0 saturated heterocycles. The van der Waals surface area contributed by atoms with E-state index >= 15 is 0 Å². The minimum absolute atomic E-state index is 0.0497. The summed E-state index contributed by atoms with van der Waals surface area (Å²) in [5.74, 6) is 1.02. The first-order chi connectivity index (χ1) is 14.2. The maximum atomic E-state index is 12.6. The molecule has 30 heavy (non-hydrogen) atoms. The number of nitrogens with one attached hydrogen (secondary N) is 1. The van der Waals surface area contributed by atoms with E-state index in [1.165, 1.54) is 10.6 Å². The highest BCUT2D eigenvalue weighted by molar-refractivity contribution is 7.92. The van der Waals surface area contributed by atoms with Crippen LogP contribution in [0.4, 0.5) is 5.69 Å². The molecule has 2 aromatic rings. The molecule has 6 nitrogen and oxygen atoms in total. The van der Waals surface area contributed by atoms with Crippen LogP contribution in [-0.4, -0.2) is 34.2 Å². The van der Waals surface area contributed by atoms with Gasteiger partial charge in [0.25, 0.3) is 0 Å². The Morgan fingerprint density at radius 2 is 1.70 bits per heavy atom. The molecular weight excluding hydrogens is 400 g/mol. The molecule has 0 bridgehead atoms. The minimum atomic E-state index is -3.46. The SMILES string of the molecule is COc1ccc(N(CCCC(=O)N[C@@H](CC(C)C)c2ccccc2)S(C)(=O)=O)cc1. The van der Waals surface area contributed by atoms with Gasteiger partial charge in [-0.1, -0.05) is 44.2 Å². The van der Waals surface area contributed by atoms with Crippen LogP contribution in [0, 0.1) is 5.92 Å². The predicted octanol–water partition coefficient (Wildman–Crippen LogP) is 4.15. The van der Waals surface area contributed by atoms with Gasteiger partial charge in [0.05, 0.1) is 25.1 Å². The maximum Gasteiger partial charge on any atom is 0.232 e. The summed E-state index contributed by atoms with van der Waals surface area (Å²) in [5, 5.41) is 3.11. The van der Waals surface area contributed by atoms with Gasteiger partial charge in [0.1, 0.15) is 5.75 Å². The van der Waals surface area contributed by atoms with E-state index in [1.54, 1.807) is 31.4 Å². The van der Waals surface area contributed by atoms with Crippen LogP contribution in [0.15, 0.2) is 54.6 Å². The number of hydrogen-bond acceptors (Lipinski definition) is 4. The van der Waals surface area contributed by atoms with Crippen molar-refractivity contribution < 1.29 is 17.9 Å². The number of benzene rings is 2. The standard InChI is InChI=1S/C23H32N2O4S/c1-18(2)17-22(19-9-6-5-7-10-19)24-23(26)11-8-16-25(30(4,27)28)20-12-14-21(29-3)15-13-20/h5-7,9-10,12-15,18,22H,8,11,16-17H2,1-4H3,(H,24,26)/t22-/m0/s1. The van der Waals surface area contributed by atoms with Gasteiger partial charge in [-0.25, -0.2) is 8.42 Å². The highest BCUT2D eigenvalue weighted by Gasteiger charge is 2.19. The van der Waals surface area contributed by atoms with Crippen molar-refractivity contribution in [1.82, 2.24) is 5.32 Å². The summed E-state index contributed by atoms with van der Waals surface area (Å²) in [6, 6.07) is 16.7. The molecule has 0 aliphatic carbocycles. The Morgan fingerprint density at radius 1 is 1.07 bits per heavy atom. The molecule has 2 rings (SSSR count). The van der Waals surface area contributed by atoms with Gasteiger partial charge in [0.15, 0.2) is 0 Å². The van der Waals surface area contributed by atoms with Gasteiger partial charge in [-0.3, -0.25) is 9.10 Å². The van der Waals surface area contributed by atoms with Crippen molar-refractivity contribution in [2.24, 2.45) is 5.92 Å². The first kappa shape index (κ1) is 23.7.